The van der Waals surface area contributed by atoms with E-state index in [1.165, 1.54) is 0 Å². The Balaban J connectivity index is 4.72. The van der Waals surface area contributed by atoms with E-state index < -0.39 is 24.4 Å². The predicted molar refractivity (Wildman–Crippen MR) is 42.8 cm³/mol. The first-order valence-corrected chi connectivity index (χ1v) is 3.71. The monoisotopic (exact) mass is 212 g/mol. The van der Waals surface area contributed by atoms with Crippen LogP contribution in [-0.2, 0) is 9.47 Å². The number of ether oxygens (including phenoxy) is 2. The highest BCUT2D eigenvalue weighted by molar-refractivity contribution is 5.60. The summed E-state index contributed by atoms with van der Waals surface area (Å²) in [6.07, 6.45) is -5.52. The third kappa shape index (κ3) is 2.93. The van der Waals surface area contributed by atoms with Crippen LogP contribution in [0.15, 0.2) is 12.7 Å². The van der Waals surface area contributed by atoms with Gasteiger partial charge in [-0.1, -0.05) is 6.08 Å². The summed E-state index contributed by atoms with van der Waals surface area (Å²) in [5.41, 5.74) is -2.58. The molecule has 0 aromatic rings. The van der Waals surface area contributed by atoms with Crippen molar-refractivity contribution in [3.63, 3.8) is 0 Å². The molecule has 0 aliphatic heterocycles. The summed E-state index contributed by atoms with van der Waals surface area (Å²) < 4.78 is 45.3. The van der Waals surface area contributed by atoms with E-state index in [0.717, 1.165) is 20.1 Å². The first-order valence-electron chi connectivity index (χ1n) is 3.71. The smallest absolute Gasteiger partial charge is 0.438 e. The standard InChI is InChI=1S/C8H11F3O3/c1-4-5-7(2,8(9,10)11)14-6(12)13-3/h4H,1,5H2,2-3H3. The number of halogens is 3. The molecule has 6 heteroatoms. The van der Waals surface area contributed by atoms with E-state index in [-0.39, 0.29) is 0 Å². The largest absolute Gasteiger partial charge is 0.508 e. The van der Waals surface area contributed by atoms with Crippen molar-refractivity contribution in [1.82, 2.24) is 0 Å². The SMILES string of the molecule is C=CCC(C)(OC(=O)OC)C(F)(F)F. The topological polar surface area (TPSA) is 35.5 Å². The van der Waals surface area contributed by atoms with Crippen molar-refractivity contribution in [1.29, 1.82) is 0 Å². The quantitative estimate of drug-likeness (QED) is 0.533. The number of hydrogen-bond donors (Lipinski definition) is 0. The van der Waals surface area contributed by atoms with E-state index >= 15 is 0 Å². The summed E-state index contributed by atoms with van der Waals surface area (Å²) >= 11 is 0. The van der Waals surface area contributed by atoms with Gasteiger partial charge >= 0.3 is 12.3 Å². The second-order valence-corrected chi connectivity index (χ2v) is 2.78. The van der Waals surface area contributed by atoms with E-state index in [1.807, 2.05) is 0 Å². The van der Waals surface area contributed by atoms with E-state index in [0.29, 0.717) is 0 Å². The normalized spacial score (nSPS) is 15.5. The van der Waals surface area contributed by atoms with Gasteiger partial charge in [0.25, 0.3) is 0 Å². The summed E-state index contributed by atoms with van der Waals surface area (Å²) in [5, 5.41) is 0. The second kappa shape index (κ2) is 4.34. The summed E-state index contributed by atoms with van der Waals surface area (Å²) in [5.74, 6) is 0. The Morgan fingerprint density at radius 3 is 2.29 bits per heavy atom. The van der Waals surface area contributed by atoms with Crippen molar-refractivity contribution < 1.29 is 27.4 Å². The van der Waals surface area contributed by atoms with Gasteiger partial charge in [0.15, 0.2) is 0 Å². The molecule has 82 valence electrons. The zero-order chi connectivity index (χ0) is 11.4. The first kappa shape index (κ1) is 12.8. The summed E-state index contributed by atoms with van der Waals surface area (Å²) in [4.78, 5) is 10.6. The number of carbonyl (C=O) groups excluding carboxylic acids is 1. The van der Waals surface area contributed by atoms with Crippen LogP contribution in [0.1, 0.15) is 13.3 Å². The van der Waals surface area contributed by atoms with Gasteiger partial charge in [0, 0.05) is 6.42 Å². The molecule has 0 saturated carbocycles. The van der Waals surface area contributed by atoms with Gasteiger partial charge in [-0.15, -0.1) is 6.58 Å². The van der Waals surface area contributed by atoms with Gasteiger partial charge in [-0.25, -0.2) is 4.79 Å². The highest BCUT2D eigenvalue weighted by Crippen LogP contribution is 2.36. The lowest BCUT2D eigenvalue weighted by atomic mass is 10.0. The zero-order valence-electron chi connectivity index (χ0n) is 7.85. The Bertz CT molecular complexity index is 224. The molecule has 0 aromatic heterocycles. The van der Waals surface area contributed by atoms with Crippen LogP contribution in [-0.4, -0.2) is 25.0 Å². The Hall–Kier alpha value is -1.20. The van der Waals surface area contributed by atoms with Gasteiger partial charge in [0.2, 0.25) is 5.60 Å². The maximum atomic E-state index is 12.4. The fourth-order valence-corrected chi connectivity index (χ4v) is 0.716. The van der Waals surface area contributed by atoms with Crippen molar-refractivity contribution in [2.24, 2.45) is 0 Å². The minimum absolute atomic E-state index is 0.522. The Morgan fingerprint density at radius 2 is 2.00 bits per heavy atom. The minimum Gasteiger partial charge on any atom is -0.438 e. The van der Waals surface area contributed by atoms with Crippen LogP contribution in [0.2, 0.25) is 0 Å². The second-order valence-electron chi connectivity index (χ2n) is 2.78. The molecule has 0 amide bonds. The lowest BCUT2D eigenvalue weighted by Gasteiger charge is -2.29. The number of hydrogen-bond acceptors (Lipinski definition) is 3. The highest BCUT2D eigenvalue weighted by Gasteiger charge is 2.54. The number of alkyl halides is 3. The van der Waals surface area contributed by atoms with Crippen LogP contribution in [0, 0.1) is 0 Å². The van der Waals surface area contributed by atoms with Crippen molar-refractivity contribution in [3.05, 3.63) is 12.7 Å². The van der Waals surface area contributed by atoms with Crippen LogP contribution < -0.4 is 0 Å². The molecule has 0 aliphatic carbocycles. The summed E-state index contributed by atoms with van der Waals surface area (Å²) in [6.45, 7) is 3.92. The van der Waals surface area contributed by atoms with Crippen LogP contribution in [0.25, 0.3) is 0 Å². The Kier molecular flexibility index (Phi) is 3.97. The van der Waals surface area contributed by atoms with E-state index in [2.05, 4.69) is 16.1 Å². The van der Waals surface area contributed by atoms with Crippen molar-refractivity contribution >= 4 is 6.16 Å². The fraction of sp³-hybridized carbons (Fsp3) is 0.625. The van der Waals surface area contributed by atoms with Gasteiger partial charge in [0.1, 0.15) is 0 Å². The lowest BCUT2D eigenvalue weighted by molar-refractivity contribution is -0.254. The molecular weight excluding hydrogens is 201 g/mol. The molecule has 0 aliphatic rings. The van der Waals surface area contributed by atoms with Crippen LogP contribution in [0.5, 0.6) is 0 Å². The molecule has 0 radical (unpaired) electrons. The summed E-state index contributed by atoms with van der Waals surface area (Å²) in [6, 6.07) is 0. The molecule has 0 N–H and O–H groups in total. The maximum absolute atomic E-state index is 12.4. The molecule has 1 unspecified atom stereocenters. The molecule has 0 aromatic carbocycles. The minimum atomic E-state index is -4.66. The molecule has 14 heavy (non-hydrogen) atoms. The average molecular weight is 212 g/mol. The number of methoxy groups -OCH3 is 1. The fourth-order valence-electron chi connectivity index (χ4n) is 0.716. The first-order chi connectivity index (χ1) is 6.27. The molecule has 0 rings (SSSR count). The third-order valence-electron chi connectivity index (χ3n) is 1.61. The van der Waals surface area contributed by atoms with Crippen LogP contribution in [0.3, 0.4) is 0 Å². The average Bonchev–Trinajstić information content (AvgIpc) is 2.02. The van der Waals surface area contributed by atoms with Gasteiger partial charge in [-0.2, -0.15) is 13.2 Å². The molecule has 0 heterocycles. The van der Waals surface area contributed by atoms with E-state index in [1.54, 1.807) is 0 Å². The predicted octanol–water partition coefficient (Wildman–Crippen LogP) is 2.67. The Morgan fingerprint density at radius 1 is 1.50 bits per heavy atom. The van der Waals surface area contributed by atoms with Crippen molar-refractivity contribution in [3.8, 4) is 0 Å². The lowest BCUT2D eigenvalue weighted by Crippen LogP contribution is -2.45. The van der Waals surface area contributed by atoms with E-state index in [9.17, 15) is 18.0 Å². The third-order valence-corrected chi connectivity index (χ3v) is 1.61. The molecular formula is C8H11F3O3. The number of rotatable bonds is 3. The molecule has 0 saturated heterocycles. The van der Waals surface area contributed by atoms with E-state index in [4.69, 9.17) is 0 Å². The molecule has 0 spiro atoms. The van der Waals surface area contributed by atoms with Crippen molar-refractivity contribution in [2.45, 2.75) is 25.1 Å². The van der Waals surface area contributed by atoms with Gasteiger partial charge in [-0.3, -0.25) is 0 Å². The molecule has 3 nitrogen and oxygen atoms in total. The number of carbonyl (C=O) groups is 1. The summed E-state index contributed by atoms with van der Waals surface area (Å²) in [7, 11) is 0.938. The van der Waals surface area contributed by atoms with Gasteiger partial charge in [0.05, 0.1) is 7.11 Å². The molecule has 1 atom stereocenters. The maximum Gasteiger partial charge on any atom is 0.508 e. The molecule has 0 bridgehead atoms. The van der Waals surface area contributed by atoms with Gasteiger partial charge in [-0.05, 0) is 6.92 Å². The van der Waals surface area contributed by atoms with Crippen LogP contribution >= 0.6 is 0 Å². The molecule has 0 fully saturated rings. The highest BCUT2D eigenvalue weighted by atomic mass is 19.4. The van der Waals surface area contributed by atoms with Gasteiger partial charge < -0.3 is 9.47 Å². The van der Waals surface area contributed by atoms with Crippen molar-refractivity contribution in [2.75, 3.05) is 7.11 Å². The van der Waals surface area contributed by atoms with Crippen LogP contribution in [0.4, 0.5) is 18.0 Å². The Labute approximate surface area is 79.5 Å². The zero-order valence-corrected chi connectivity index (χ0v) is 7.85.